The number of hydrogen-bond donors (Lipinski definition) is 0. The van der Waals surface area contributed by atoms with Crippen LogP contribution < -0.4 is 4.74 Å². The highest BCUT2D eigenvalue weighted by molar-refractivity contribution is 5.45. The third kappa shape index (κ3) is 2.53. The third-order valence-electron chi connectivity index (χ3n) is 3.86. The summed E-state index contributed by atoms with van der Waals surface area (Å²) >= 11 is 0. The number of hydrogen-bond acceptors (Lipinski definition) is 2. The van der Waals surface area contributed by atoms with Gasteiger partial charge < -0.3 is 4.74 Å². The van der Waals surface area contributed by atoms with Crippen LogP contribution >= 0.6 is 0 Å². The molecular formula is C18H17NO. The molecule has 0 amide bonds. The van der Waals surface area contributed by atoms with Gasteiger partial charge in [0.05, 0.1) is 12.0 Å². The van der Waals surface area contributed by atoms with Gasteiger partial charge in [-0.2, -0.15) is 5.26 Å². The Bertz CT molecular complexity index is 628. The molecule has 20 heavy (non-hydrogen) atoms. The number of nitriles is 1. The largest absolute Gasteiger partial charge is 0.489 e. The maximum Gasteiger partial charge on any atom is 0.123 e. The second kappa shape index (κ2) is 5.79. The van der Waals surface area contributed by atoms with Crippen LogP contribution in [0.15, 0.2) is 48.5 Å². The molecule has 1 atom stereocenters. The first-order valence-corrected chi connectivity index (χ1v) is 7.06. The molecule has 0 saturated heterocycles. The van der Waals surface area contributed by atoms with Crippen LogP contribution in [0.25, 0.3) is 0 Å². The van der Waals surface area contributed by atoms with E-state index < -0.39 is 0 Å². The summed E-state index contributed by atoms with van der Waals surface area (Å²) in [6.45, 7) is 0.578. The molecule has 0 aliphatic heterocycles. The topological polar surface area (TPSA) is 33.0 Å². The van der Waals surface area contributed by atoms with Crippen LogP contribution in [0.5, 0.6) is 5.75 Å². The molecule has 0 heterocycles. The molecule has 1 aliphatic carbocycles. The number of fused-ring (bicyclic) bond motifs is 1. The minimum atomic E-state index is 0.0269. The Morgan fingerprint density at radius 3 is 2.75 bits per heavy atom. The zero-order valence-corrected chi connectivity index (χ0v) is 11.4. The molecule has 0 saturated carbocycles. The van der Waals surface area contributed by atoms with E-state index in [0.29, 0.717) is 6.61 Å². The van der Waals surface area contributed by atoms with Crippen molar-refractivity contribution in [1.29, 1.82) is 5.26 Å². The highest BCUT2D eigenvalue weighted by Crippen LogP contribution is 2.36. The van der Waals surface area contributed by atoms with E-state index in [2.05, 4.69) is 24.3 Å². The third-order valence-corrected chi connectivity index (χ3v) is 3.86. The summed E-state index contributed by atoms with van der Waals surface area (Å²) in [5.41, 5.74) is 3.54. The fourth-order valence-electron chi connectivity index (χ4n) is 2.82. The molecule has 0 spiro atoms. The molecule has 1 aliphatic rings. The fourth-order valence-corrected chi connectivity index (χ4v) is 2.82. The van der Waals surface area contributed by atoms with Gasteiger partial charge in [-0.3, -0.25) is 0 Å². The first-order valence-electron chi connectivity index (χ1n) is 7.06. The van der Waals surface area contributed by atoms with Crippen LogP contribution in [0.2, 0.25) is 0 Å². The Morgan fingerprint density at radius 1 is 1.10 bits per heavy atom. The summed E-state index contributed by atoms with van der Waals surface area (Å²) in [4.78, 5) is 0. The molecule has 2 aromatic carbocycles. The molecule has 0 aromatic heterocycles. The van der Waals surface area contributed by atoms with Crippen molar-refractivity contribution >= 4 is 0 Å². The number of benzene rings is 2. The van der Waals surface area contributed by atoms with E-state index in [1.54, 1.807) is 0 Å². The SMILES string of the molecule is N#CC1CCCc2c(OCc3ccccc3)cccc21. The summed E-state index contributed by atoms with van der Waals surface area (Å²) in [6.07, 6.45) is 3.04. The van der Waals surface area contributed by atoms with Crippen molar-refractivity contribution in [1.82, 2.24) is 0 Å². The van der Waals surface area contributed by atoms with Gasteiger partial charge in [-0.15, -0.1) is 0 Å². The standard InChI is InChI=1S/C18H17NO/c19-12-15-8-4-10-17-16(15)9-5-11-18(17)20-13-14-6-2-1-3-7-14/h1-3,5-7,9,11,15H,4,8,10,13H2. The van der Waals surface area contributed by atoms with Crippen LogP contribution in [-0.4, -0.2) is 0 Å². The molecule has 2 aromatic rings. The maximum atomic E-state index is 9.25. The van der Waals surface area contributed by atoms with E-state index in [1.165, 1.54) is 5.56 Å². The molecule has 0 bridgehead atoms. The van der Waals surface area contributed by atoms with Crippen molar-refractivity contribution in [3.63, 3.8) is 0 Å². The Hall–Kier alpha value is -2.27. The van der Waals surface area contributed by atoms with Gasteiger partial charge in [-0.25, -0.2) is 0 Å². The van der Waals surface area contributed by atoms with Gasteiger partial charge in [-0.1, -0.05) is 42.5 Å². The summed E-state index contributed by atoms with van der Waals surface area (Å²) < 4.78 is 5.97. The summed E-state index contributed by atoms with van der Waals surface area (Å²) in [5.74, 6) is 0.963. The van der Waals surface area contributed by atoms with Gasteiger partial charge in [0.1, 0.15) is 12.4 Å². The zero-order chi connectivity index (χ0) is 13.8. The van der Waals surface area contributed by atoms with Gasteiger partial charge in [0.25, 0.3) is 0 Å². The van der Waals surface area contributed by atoms with Crippen molar-refractivity contribution in [3.05, 3.63) is 65.2 Å². The van der Waals surface area contributed by atoms with Gasteiger partial charge in [0, 0.05) is 0 Å². The fraction of sp³-hybridized carbons (Fsp3) is 0.278. The average molecular weight is 263 g/mol. The lowest BCUT2D eigenvalue weighted by Gasteiger charge is -2.23. The molecule has 2 heteroatoms. The maximum absolute atomic E-state index is 9.25. The highest BCUT2D eigenvalue weighted by Gasteiger charge is 2.22. The Balaban J connectivity index is 1.83. The Labute approximate surface area is 119 Å². The van der Waals surface area contributed by atoms with Crippen LogP contribution in [0.3, 0.4) is 0 Å². The minimum absolute atomic E-state index is 0.0269. The lowest BCUT2D eigenvalue weighted by atomic mass is 9.83. The number of ether oxygens (including phenoxy) is 1. The molecule has 1 unspecified atom stereocenters. The van der Waals surface area contributed by atoms with E-state index in [4.69, 9.17) is 4.74 Å². The minimum Gasteiger partial charge on any atom is -0.489 e. The van der Waals surface area contributed by atoms with Crippen molar-refractivity contribution in [2.24, 2.45) is 0 Å². The molecular weight excluding hydrogens is 246 g/mol. The van der Waals surface area contributed by atoms with Crippen LogP contribution in [0.4, 0.5) is 0 Å². The van der Waals surface area contributed by atoms with Crippen LogP contribution in [0, 0.1) is 11.3 Å². The molecule has 3 rings (SSSR count). The lowest BCUT2D eigenvalue weighted by Crippen LogP contribution is -2.10. The predicted octanol–water partition coefficient (Wildman–Crippen LogP) is 4.21. The zero-order valence-electron chi connectivity index (χ0n) is 11.4. The van der Waals surface area contributed by atoms with E-state index in [1.807, 2.05) is 30.3 Å². The highest BCUT2D eigenvalue weighted by atomic mass is 16.5. The quantitative estimate of drug-likeness (QED) is 0.831. The summed E-state index contributed by atoms with van der Waals surface area (Å²) in [6, 6.07) is 18.7. The van der Waals surface area contributed by atoms with Crippen molar-refractivity contribution in [2.45, 2.75) is 31.8 Å². The summed E-state index contributed by atoms with van der Waals surface area (Å²) in [5, 5.41) is 9.25. The summed E-state index contributed by atoms with van der Waals surface area (Å²) in [7, 11) is 0. The first-order chi connectivity index (χ1) is 9.88. The average Bonchev–Trinajstić information content (AvgIpc) is 2.53. The van der Waals surface area contributed by atoms with Gasteiger partial charge in [0.2, 0.25) is 0 Å². The van der Waals surface area contributed by atoms with E-state index in [-0.39, 0.29) is 5.92 Å². The molecule has 2 nitrogen and oxygen atoms in total. The van der Waals surface area contributed by atoms with Crippen LogP contribution in [-0.2, 0) is 13.0 Å². The number of nitrogens with zero attached hydrogens (tertiary/aromatic N) is 1. The van der Waals surface area contributed by atoms with Crippen molar-refractivity contribution in [3.8, 4) is 11.8 Å². The van der Waals surface area contributed by atoms with Gasteiger partial charge in [0.15, 0.2) is 0 Å². The van der Waals surface area contributed by atoms with Crippen molar-refractivity contribution in [2.75, 3.05) is 0 Å². The predicted molar refractivity (Wildman–Crippen MR) is 78.5 cm³/mol. The smallest absolute Gasteiger partial charge is 0.123 e. The van der Waals surface area contributed by atoms with E-state index >= 15 is 0 Å². The van der Waals surface area contributed by atoms with Crippen molar-refractivity contribution < 1.29 is 4.74 Å². The Morgan fingerprint density at radius 2 is 1.95 bits per heavy atom. The van der Waals surface area contributed by atoms with Crippen LogP contribution in [0.1, 0.15) is 35.4 Å². The lowest BCUT2D eigenvalue weighted by molar-refractivity contribution is 0.301. The molecule has 0 N–H and O–H groups in total. The first kappa shape index (κ1) is 12.7. The monoisotopic (exact) mass is 263 g/mol. The molecule has 0 radical (unpaired) electrons. The molecule has 0 fully saturated rings. The van der Waals surface area contributed by atoms with E-state index in [9.17, 15) is 5.26 Å². The Kier molecular flexibility index (Phi) is 3.69. The van der Waals surface area contributed by atoms with Gasteiger partial charge in [-0.05, 0) is 42.0 Å². The van der Waals surface area contributed by atoms with E-state index in [0.717, 1.165) is 36.1 Å². The number of rotatable bonds is 3. The second-order valence-corrected chi connectivity index (χ2v) is 5.17. The second-order valence-electron chi connectivity index (χ2n) is 5.17. The molecule has 100 valence electrons. The van der Waals surface area contributed by atoms with Gasteiger partial charge >= 0.3 is 0 Å². The normalized spacial score (nSPS) is 17.1.